The van der Waals surface area contributed by atoms with E-state index in [2.05, 4.69) is 41.6 Å². The minimum atomic E-state index is -1.05. The second-order valence-electron chi connectivity index (χ2n) is 9.93. The molecule has 1 saturated carbocycles. The van der Waals surface area contributed by atoms with Crippen LogP contribution in [0.1, 0.15) is 31.5 Å². The van der Waals surface area contributed by atoms with Crippen LogP contribution in [0, 0.1) is 17.7 Å². The number of pyridine rings is 1. The average molecular weight is 570 g/mol. The molecule has 1 aliphatic carbocycles. The van der Waals surface area contributed by atoms with Crippen molar-refractivity contribution in [2.75, 3.05) is 13.1 Å². The van der Waals surface area contributed by atoms with Crippen molar-refractivity contribution in [3.8, 4) is 5.69 Å². The standard InChI is InChI=1S/C26H26BrF2N7O/c27-24-18-12-32-22(9-14-3-4-16(8-14)26(37)33-21-5-7-30-13-20(21)29)34-25(18)36(35-24)17-10-15-2-1-6-31-23(15)19(28)11-17/h1-2,6,10-12,14,16,20-21,30H,3-5,7-9,13H2,(H,33,37)/t14-,16-,20+,21-/m1/s1. The van der Waals surface area contributed by atoms with Gasteiger partial charge in [-0.1, -0.05) is 6.07 Å². The Bertz CT molecular complexity index is 1480. The normalized spacial score (nSPS) is 24.1. The fourth-order valence-electron chi connectivity index (χ4n) is 5.48. The topological polar surface area (TPSA) is 97.6 Å². The summed E-state index contributed by atoms with van der Waals surface area (Å²) < 4.78 is 31.1. The highest BCUT2D eigenvalue weighted by atomic mass is 79.9. The number of benzene rings is 1. The zero-order valence-corrected chi connectivity index (χ0v) is 21.6. The number of rotatable bonds is 5. The summed E-state index contributed by atoms with van der Waals surface area (Å²) in [6.07, 6.45) is 5.85. The number of hydrogen-bond acceptors (Lipinski definition) is 6. The Labute approximate surface area is 220 Å². The summed E-state index contributed by atoms with van der Waals surface area (Å²) in [5, 5.41) is 11.9. The molecule has 2 fully saturated rings. The summed E-state index contributed by atoms with van der Waals surface area (Å²) in [4.78, 5) is 26.2. The number of halogens is 3. The van der Waals surface area contributed by atoms with E-state index < -0.39 is 18.0 Å². The van der Waals surface area contributed by atoms with Crippen molar-refractivity contribution in [1.82, 2.24) is 35.4 Å². The number of aromatic nitrogens is 5. The van der Waals surface area contributed by atoms with E-state index in [-0.39, 0.29) is 24.3 Å². The van der Waals surface area contributed by atoms with Crippen LogP contribution >= 0.6 is 15.9 Å². The molecule has 1 aromatic carbocycles. The Morgan fingerprint density at radius 3 is 3.00 bits per heavy atom. The molecule has 4 atom stereocenters. The summed E-state index contributed by atoms with van der Waals surface area (Å²) in [5.41, 5.74) is 1.42. The van der Waals surface area contributed by atoms with Gasteiger partial charge >= 0.3 is 0 Å². The molecule has 1 saturated heterocycles. The van der Waals surface area contributed by atoms with E-state index in [1.165, 1.54) is 6.07 Å². The quantitative estimate of drug-likeness (QED) is 0.376. The third-order valence-corrected chi connectivity index (χ3v) is 8.02. The third kappa shape index (κ3) is 4.82. The molecule has 4 heterocycles. The Morgan fingerprint density at radius 1 is 1.24 bits per heavy atom. The second-order valence-corrected chi connectivity index (χ2v) is 10.7. The van der Waals surface area contributed by atoms with Gasteiger partial charge in [0.1, 0.15) is 22.1 Å². The van der Waals surface area contributed by atoms with Crippen LogP contribution in [0.2, 0.25) is 0 Å². The molecule has 0 bridgehead atoms. The zero-order chi connectivity index (χ0) is 25.5. The highest BCUT2D eigenvalue weighted by molar-refractivity contribution is 9.10. The monoisotopic (exact) mass is 569 g/mol. The number of fused-ring (bicyclic) bond motifs is 2. The van der Waals surface area contributed by atoms with Crippen LogP contribution in [-0.4, -0.2) is 55.9 Å². The Kier molecular flexibility index (Phi) is 6.58. The highest BCUT2D eigenvalue weighted by Gasteiger charge is 2.34. The van der Waals surface area contributed by atoms with Crippen molar-refractivity contribution in [2.45, 2.75) is 44.3 Å². The van der Waals surface area contributed by atoms with Crippen molar-refractivity contribution in [3.63, 3.8) is 0 Å². The molecule has 0 unspecified atom stereocenters. The molecule has 4 aromatic rings. The number of amides is 1. The highest BCUT2D eigenvalue weighted by Crippen LogP contribution is 2.34. The molecule has 1 aliphatic heterocycles. The van der Waals surface area contributed by atoms with Crippen molar-refractivity contribution < 1.29 is 13.6 Å². The van der Waals surface area contributed by atoms with Gasteiger partial charge in [-0.3, -0.25) is 9.78 Å². The van der Waals surface area contributed by atoms with E-state index in [4.69, 9.17) is 4.98 Å². The van der Waals surface area contributed by atoms with Crippen LogP contribution in [0.3, 0.4) is 0 Å². The number of piperidine rings is 1. The molecule has 0 radical (unpaired) electrons. The fourth-order valence-corrected chi connectivity index (χ4v) is 5.92. The van der Waals surface area contributed by atoms with E-state index in [0.717, 1.165) is 24.6 Å². The van der Waals surface area contributed by atoms with Gasteiger partial charge in [-0.25, -0.2) is 23.4 Å². The molecule has 2 N–H and O–H groups in total. The lowest BCUT2D eigenvalue weighted by atomic mass is 9.99. The molecule has 8 nitrogen and oxygen atoms in total. The van der Waals surface area contributed by atoms with Gasteiger partial charge in [0.2, 0.25) is 5.91 Å². The summed E-state index contributed by atoms with van der Waals surface area (Å²) in [5.74, 6) is 0.303. The minimum absolute atomic E-state index is 0.0525. The molecular weight excluding hydrogens is 544 g/mol. The average Bonchev–Trinajstić information content (AvgIpc) is 3.50. The van der Waals surface area contributed by atoms with Crippen LogP contribution in [-0.2, 0) is 11.2 Å². The maximum absolute atomic E-state index is 14.8. The number of nitrogens with one attached hydrogen (secondary N) is 2. The van der Waals surface area contributed by atoms with Gasteiger partial charge in [-0.15, -0.1) is 0 Å². The Morgan fingerprint density at radius 2 is 2.14 bits per heavy atom. The molecule has 0 spiro atoms. The van der Waals surface area contributed by atoms with Gasteiger partial charge in [0, 0.05) is 42.7 Å². The Balaban J connectivity index is 1.20. The van der Waals surface area contributed by atoms with Crippen LogP contribution in [0.15, 0.2) is 41.3 Å². The first kappa shape index (κ1) is 24.3. The lowest BCUT2D eigenvalue weighted by molar-refractivity contribution is -0.126. The number of hydrogen-bond donors (Lipinski definition) is 2. The first-order valence-corrected chi connectivity index (χ1v) is 13.4. The van der Waals surface area contributed by atoms with Gasteiger partial charge in [-0.05, 0) is 66.2 Å². The maximum atomic E-state index is 14.8. The third-order valence-electron chi connectivity index (χ3n) is 7.44. The summed E-state index contributed by atoms with van der Waals surface area (Å²) in [6, 6.07) is 6.40. The van der Waals surface area contributed by atoms with Crippen LogP contribution in [0.25, 0.3) is 27.6 Å². The number of nitrogens with zero attached hydrogens (tertiary/aromatic N) is 5. The van der Waals surface area contributed by atoms with Gasteiger partial charge < -0.3 is 10.6 Å². The van der Waals surface area contributed by atoms with Gasteiger partial charge in [0.25, 0.3) is 0 Å². The lowest BCUT2D eigenvalue weighted by Crippen LogP contribution is -2.51. The molecule has 3 aromatic heterocycles. The molecule has 11 heteroatoms. The predicted molar refractivity (Wildman–Crippen MR) is 138 cm³/mol. The summed E-state index contributed by atoms with van der Waals surface area (Å²) in [6.45, 7) is 1.00. The number of alkyl halides is 1. The number of carbonyl (C=O) groups is 1. The second kappa shape index (κ2) is 10.0. The molecule has 192 valence electrons. The zero-order valence-electron chi connectivity index (χ0n) is 20.0. The predicted octanol–water partition coefficient (Wildman–Crippen LogP) is 4.04. The Hall–Kier alpha value is -3.05. The van der Waals surface area contributed by atoms with Gasteiger partial charge in [0.15, 0.2) is 11.5 Å². The number of carbonyl (C=O) groups excluding carboxylic acids is 1. The van der Waals surface area contributed by atoms with E-state index >= 15 is 0 Å². The van der Waals surface area contributed by atoms with Crippen molar-refractivity contribution in [3.05, 3.63) is 52.9 Å². The maximum Gasteiger partial charge on any atom is 0.223 e. The van der Waals surface area contributed by atoms with Crippen LogP contribution < -0.4 is 10.6 Å². The SMILES string of the molecule is O=C(N[C@@H]1CCNC[C@@H]1F)[C@@H]1CC[C@@H](Cc2ncc3c(Br)nn(-c4cc(F)c5ncccc5c4)c3n2)C1. The summed E-state index contributed by atoms with van der Waals surface area (Å²) in [7, 11) is 0. The van der Waals surface area contributed by atoms with Gasteiger partial charge in [0.05, 0.1) is 17.1 Å². The van der Waals surface area contributed by atoms with Crippen molar-refractivity contribution in [1.29, 1.82) is 0 Å². The first-order chi connectivity index (χ1) is 18.0. The molecule has 37 heavy (non-hydrogen) atoms. The van der Waals surface area contributed by atoms with E-state index in [9.17, 15) is 13.6 Å². The molecule has 6 rings (SSSR count). The first-order valence-electron chi connectivity index (χ1n) is 12.6. The summed E-state index contributed by atoms with van der Waals surface area (Å²) >= 11 is 3.47. The van der Waals surface area contributed by atoms with E-state index in [1.807, 2.05) is 12.1 Å². The largest absolute Gasteiger partial charge is 0.350 e. The molecule has 1 amide bonds. The fraction of sp³-hybridized carbons (Fsp3) is 0.423. The van der Waals surface area contributed by atoms with E-state index in [0.29, 0.717) is 52.1 Å². The van der Waals surface area contributed by atoms with E-state index in [1.54, 1.807) is 23.1 Å². The van der Waals surface area contributed by atoms with Crippen LogP contribution in [0.4, 0.5) is 8.78 Å². The smallest absolute Gasteiger partial charge is 0.223 e. The molecule has 2 aliphatic rings. The lowest BCUT2D eigenvalue weighted by Gasteiger charge is -2.28. The van der Waals surface area contributed by atoms with Crippen LogP contribution in [0.5, 0.6) is 0 Å². The molecular formula is C26H26BrF2N7O. The van der Waals surface area contributed by atoms with Gasteiger partial charge in [-0.2, -0.15) is 5.10 Å². The van der Waals surface area contributed by atoms with Crippen molar-refractivity contribution in [2.24, 2.45) is 11.8 Å². The van der Waals surface area contributed by atoms with Crippen molar-refractivity contribution >= 4 is 43.8 Å². The minimum Gasteiger partial charge on any atom is -0.350 e.